The van der Waals surface area contributed by atoms with E-state index in [1.807, 2.05) is 85.8 Å². The van der Waals surface area contributed by atoms with Crippen molar-refractivity contribution in [2.24, 2.45) is 23.0 Å². The van der Waals surface area contributed by atoms with Crippen LogP contribution in [0.25, 0.3) is 70.7 Å². The van der Waals surface area contributed by atoms with Crippen LogP contribution in [0.4, 0.5) is 16.2 Å². The quantitative estimate of drug-likeness (QED) is 0.00694. The van der Waals surface area contributed by atoms with Crippen molar-refractivity contribution < 1.29 is 62.6 Å². The van der Waals surface area contributed by atoms with Crippen molar-refractivity contribution in [1.29, 1.82) is 0 Å². The topological polar surface area (TPSA) is 304 Å². The van der Waals surface area contributed by atoms with Crippen molar-refractivity contribution in [3.63, 3.8) is 0 Å². The molecule has 19 heteroatoms. The van der Waals surface area contributed by atoms with E-state index < -0.39 is 70.9 Å². The number of nitrogens with two attached hydrogens (primary N) is 1. The van der Waals surface area contributed by atoms with Crippen molar-refractivity contribution >= 4 is 147 Å². The predicted molar refractivity (Wildman–Crippen MR) is 436 cm³/mol. The minimum absolute atomic E-state index is 0.0447. The molecule has 1 aliphatic rings. The molecule has 1 heterocycles. The van der Waals surface area contributed by atoms with Crippen LogP contribution in [0, 0.1) is 24.2 Å². The second kappa shape index (κ2) is 35.4. The first-order valence-corrected chi connectivity index (χ1v) is 38.5. The number of carboxylic acid groups (broad SMARTS) is 1. The van der Waals surface area contributed by atoms with Crippen LogP contribution in [0.1, 0.15) is 158 Å². The van der Waals surface area contributed by atoms with E-state index in [0.717, 1.165) is 75.8 Å². The molecule has 0 aliphatic heterocycles. The number of primary amides is 1. The van der Waals surface area contributed by atoms with Gasteiger partial charge in [0.1, 0.15) is 11.5 Å². The van der Waals surface area contributed by atoms with Crippen LogP contribution in [0.15, 0.2) is 207 Å². The molecule has 11 aromatic carbocycles. The van der Waals surface area contributed by atoms with Gasteiger partial charge in [0.2, 0.25) is 17.7 Å². The molecule has 12 aromatic rings. The van der Waals surface area contributed by atoms with Gasteiger partial charge < -0.3 is 36.8 Å². The highest BCUT2D eigenvalue weighted by atomic mass is 16.5. The van der Waals surface area contributed by atoms with Crippen LogP contribution in [0.3, 0.4) is 0 Å². The number of nitrogens with zero attached hydrogens (tertiary/aromatic N) is 1. The maximum atomic E-state index is 15.1. The van der Waals surface area contributed by atoms with Gasteiger partial charge >= 0.3 is 12.0 Å². The number of anilines is 2. The van der Waals surface area contributed by atoms with Gasteiger partial charge in [-0.15, -0.1) is 0 Å². The number of para-hydroxylation sites is 1. The van der Waals surface area contributed by atoms with Crippen molar-refractivity contribution in [3.8, 4) is 5.75 Å². The molecule has 0 spiro atoms. The summed E-state index contributed by atoms with van der Waals surface area (Å²) in [6.07, 6.45) is 8.54. The molecule has 5 amide bonds. The fraction of sp³-hybridized carbons (Fsp3) is 0.269. The summed E-state index contributed by atoms with van der Waals surface area (Å²) >= 11 is 0. The Hall–Kier alpha value is -12.6. The second-order valence-corrected chi connectivity index (χ2v) is 29.6. The lowest BCUT2D eigenvalue weighted by molar-refractivity contribution is -0.148. The van der Waals surface area contributed by atoms with E-state index >= 15 is 19.2 Å². The van der Waals surface area contributed by atoms with Crippen LogP contribution in [-0.4, -0.2) is 93.7 Å². The fourth-order valence-electron chi connectivity index (χ4n) is 16.1. The number of Topliss-reactive ketones (excluding diaryl/α,β-unsaturated/α-hetero) is 4. The van der Waals surface area contributed by atoms with E-state index in [9.17, 15) is 38.7 Å². The van der Waals surface area contributed by atoms with Crippen LogP contribution < -0.4 is 31.7 Å². The van der Waals surface area contributed by atoms with Crippen molar-refractivity contribution in [2.45, 2.75) is 129 Å². The van der Waals surface area contributed by atoms with Gasteiger partial charge in [-0.25, -0.2) is 4.79 Å². The van der Waals surface area contributed by atoms with Gasteiger partial charge in [-0.3, -0.25) is 52.9 Å². The number of rotatable bonds is 37. The Labute approximate surface area is 647 Å². The number of aliphatic carboxylic acids is 1. The van der Waals surface area contributed by atoms with Crippen molar-refractivity contribution in [3.05, 3.63) is 245 Å². The number of hydrogen-bond acceptors (Lipinski definition) is 13. The van der Waals surface area contributed by atoms with E-state index in [1.54, 1.807) is 79.1 Å². The summed E-state index contributed by atoms with van der Waals surface area (Å²) in [4.78, 5) is 159. The van der Waals surface area contributed by atoms with Crippen LogP contribution >= 0.6 is 0 Å². The molecule has 112 heavy (non-hydrogen) atoms. The third kappa shape index (κ3) is 18.1. The number of ketones is 6. The number of benzene rings is 11. The van der Waals surface area contributed by atoms with Gasteiger partial charge in [-0.1, -0.05) is 159 Å². The van der Waals surface area contributed by atoms with Gasteiger partial charge in [0.05, 0.1) is 12.6 Å². The number of carbonyl (C=O) groups is 11. The zero-order valence-corrected chi connectivity index (χ0v) is 62.5. The number of amides is 5. The lowest BCUT2D eigenvalue weighted by atomic mass is 9.64. The molecule has 19 nitrogen and oxygen atoms in total. The first-order chi connectivity index (χ1) is 54.3. The number of ether oxygens (including phenoxy) is 1. The Kier molecular flexibility index (Phi) is 24.5. The summed E-state index contributed by atoms with van der Waals surface area (Å²) in [5, 5.41) is 32.8. The summed E-state index contributed by atoms with van der Waals surface area (Å²) < 4.78 is 6.44. The standard InChI is InChI=1S/C93H88N6O13/c1-57-16-5-6-23-76(57)99-92(111)97-69-38-27-58(28-39-69)50-70(100)52-66(18-7-10-48-96-80(103)44-29-59-17-15-47-95-56-59)91(110)98-77(24-14-26-81(104)105)79(102)55-93(45-8-3-9-46-93)89(108)86(90(94)109)78(101)25-4-2-11-49-112-71-53-67(87(106)74-42-36-64-32-30-60-19-12-21-62-34-40-72(74)84(64)82(60)62)51-68(54-71)88(107)75-43-37-65-33-31-61-20-13-22-63-35-41-73(75)85(65)83(61)63/h5-6,12-13,15-17,19-23,27-44,47,51,53-54,56,66,77,86H,2-4,7-11,14,18,24-26,45-46,48-50,52,55H2,1H3,(H2,94,109)(H,96,103)(H,98,110)(H,104,105)(H2,97,99,111)/b44-29+/t66-,77+,86?/m1/s1. The summed E-state index contributed by atoms with van der Waals surface area (Å²) in [5.41, 5.74) is 9.21. The zero-order chi connectivity index (χ0) is 78.4. The predicted octanol–water partition coefficient (Wildman–Crippen LogP) is 16.9. The van der Waals surface area contributed by atoms with Crippen molar-refractivity contribution in [2.75, 3.05) is 23.8 Å². The number of urea groups is 1. The molecule has 1 aliphatic carbocycles. The van der Waals surface area contributed by atoms with Gasteiger partial charge in [-0.2, -0.15) is 0 Å². The number of hydrogen-bond donors (Lipinski definition) is 6. The van der Waals surface area contributed by atoms with Crippen LogP contribution in [0.2, 0.25) is 0 Å². The van der Waals surface area contributed by atoms with Crippen LogP contribution in [-0.2, 0) is 44.8 Å². The highest BCUT2D eigenvalue weighted by Gasteiger charge is 2.49. The third-order valence-electron chi connectivity index (χ3n) is 21.9. The number of carboxylic acids is 1. The number of nitrogens with one attached hydrogen (secondary N) is 4. The number of pyridine rings is 1. The smallest absolute Gasteiger partial charge is 0.323 e. The van der Waals surface area contributed by atoms with Gasteiger partial charge in [0.25, 0.3) is 0 Å². The second-order valence-electron chi connectivity index (χ2n) is 29.6. The Bertz CT molecular complexity index is 5400. The van der Waals surface area contributed by atoms with E-state index in [0.29, 0.717) is 73.0 Å². The number of aryl methyl sites for hydroxylation is 1. The maximum Gasteiger partial charge on any atom is 0.323 e. The molecule has 0 saturated heterocycles. The molecule has 0 radical (unpaired) electrons. The molecular weight excluding hydrogens is 1410 g/mol. The molecule has 1 saturated carbocycles. The molecular formula is C93H88N6O13. The fourth-order valence-corrected chi connectivity index (χ4v) is 16.1. The summed E-state index contributed by atoms with van der Waals surface area (Å²) in [6, 6.07) is 56.7. The minimum Gasteiger partial charge on any atom is -0.494 e. The molecule has 3 atom stereocenters. The number of carbonyl (C=O) groups excluding carboxylic acids is 10. The zero-order valence-electron chi connectivity index (χ0n) is 62.5. The minimum atomic E-state index is -1.89. The Morgan fingerprint density at radius 1 is 0.580 bits per heavy atom. The Balaban J connectivity index is 0.677. The molecule has 7 N–H and O–H groups in total. The lowest BCUT2D eigenvalue weighted by Crippen LogP contribution is -2.50. The molecule has 13 rings (SSSR count). The third-order valence-corrected chi connectivity index (χ3v) is 21.9. The molecule has 1 fully saturated rings. The summed E-state index contributed by atoms with van der Waals surface area (Å²) in [7, 11) is 0. The highest BCUT2D eigenvalue weighted by molar-refractivity contribution is 6.31. The normalized spacial score (nSPS) is 13.6. The number of unbranched alkanes of at least 4 members (excludes halogenated alkanes) is 3. The average molecular weight is 1500 g/mol. The largest absolute Gasteiger partial charge is 0.494 e. The lowest BCUT2D eigenvalue weighted by Gasteiger charge is -2.38. The average Bonchev–Trinajstić information content (AvgIpc) is 0.740. The Morgan fingerprint density at radius 2 is 1.19 bits per heavy atom. The molecule has 568 valence electrons. The highest BCUT2D eigenvalue weighted by Crippen LogP contribution is 2.44. The van der Waals surface area contributed by atoms with E-state index in [2.05, 4.69) is 74.8 Å². The van der Waals surface area contributed by atoms with Crippen LogP contribution in [0.5, 0.6) is 5.75 Å². The summed E-state index contributed by atoms with van der Waals surface area (Å²) in [5.74, 6) is -8.92. The summed E-state index contributed by atoms with van der Waals surface area (Å²) in [6.45, 7) is 2.21. The first kappa shape index (κ1) is 77.5. The maximum absolute atomic E-state index is 15.1. The van der Waals surface area contributed by atoms with Gasteiger partial charge in [-0.05, 0) is 207 Å². The Morgan fingerprint density at radius 3 is 1.79 bits per heavy atom. The molecule has 1 unspecified atom stereocenters. The van der Waals surface area contributed by atoms with E-state index in [4.69, 9.17) is 10.5 Å². The van der Waals surface area contributed by atoms with Gasteiger partial charge in [0.15, 0.2) is 34.8 Å². The van der Waals surface area contributed by atoms with E-state index in [1.165, 1.54) is 6.08 Å². The SMILES string of the molecule is Cc1ccccc1NC(=O)Nc1ccc(CC(=O)C[C@@H](CCCCNC(=O)/C=C/c2cccnc2)C(=O)N[C@@H](CCCC(=O)O)C(=O)CC2(C(=O)C(C(N)=O)C(=O)CCCCCOc3cc(C(=O)c4ccc5ccc6cccc7ccc4c5c67)cc(C(=O)c4ccc5ccc6cccc7ccc4c5c67)c3)CCCCC2)cc1. The monoisotopic (exact) mass is 1500 g/mol. The van der Waals surface area contributed by atoms with Gasteiger partial charge in [0, 0.05) is 102 Å². The van der Waals surface area contributed by atoms with E-state index in [-0.39, 0.29) is 117 Å². The molecule has 1 aromatic heterocycles. The molecule has 0 bridgehead atoms. The first-order valence-electron chi connectivity index (χ1n) is 38.5. The number of aromatic nitrogens is 1. The van der Waals surface area contributed by atoms with Crippen molar-refractivity contribution in [1.82, 2.24) is 15.6 Å².